The molecule has 0 spiro atoms. The fraction of sp³-hybridized carbons (Fsp3) is 0.150. The molecule has 2 heterocycles. The number of Topliss-reactive ketones (excluding diaryl/α,β-unsaturated/α-hetero) is 1. The average Bonchev–Trinajstić information content (AvgIpc) is 3.20. The van der Waals surface area contributed by atoms with Crippen LogP contribution in [0, 0.1) is 18.3 Å². The summed E-state index contributed by atoms with van der Waals surface area (Å²) in [5.41, 5.74) is -0.0158. The number of aromatic nitrogens is 1. The Kier molecular flexibility index (Phi) is 5.87. The van der Waals surface area contributed by atoms with Crippen molar-refractivity contribution in [2.75, 3.05) is 5.75 Å². The highest BCUT2D eigenvalue weighted by Gasteiger charge is 2.36. The summed E-state index contributed by atoms with van der Waals surface area (Å²) in [5, 5.41) is 10.9. The van der Waals surface area contributed by atoms with Crippen molar-refractivity contribution >= 4 is 28.9 Å². The molecule has 3 nitrogen and oxygen atoms in total. The van der Waals surface area contributed by atoms with Crippen LogP contribution in [0.25, 0.3) is 10.6 Å². The molecule has 28 heavy (non-hydrogen) atoms. The Morgan fingerprint density at radius 2 is 1.96 bits per heavy atom. The Labute approximate surface area is 167 Å². The van der Waals surface area contributed by atoms with Crippen molar-refractivity contribution < 1.29 is 18.0 Å². The molecule has 0 bridgehead atoms. The van der Waals surface area contributed by atoms with E-state index < -0.39 is 17.3 Å². The van der Waals surface area contributed by atoms with Crippen molar-refractivity contribution in [1.82, 2.24) is 4.98 Å². The molecule has 0 amide bonds. The molecule has 0 aliphatic carbocycles. The van der Waals surface area contributed by atoms with Crippen LogP contribution in [0.15, 0.2) is 52.9 Å². The lowest BCUT2D eigenvalue weighted by Crippen LogP contribution is -2.11. The third-order valence-electron chi connectivity index (χ3n) is 3.89. The van der Waals surface area contributed by atoms with Crippen LogP contribution in [0.4, 0.5) is 13.2 Å². The predicted octanol–water partition coefficient (Wildman–Crippen LogP) is 5.98. The number of ketones is 1. The molecular formula is C20H13F3N2OS2. The number of carbonyl (C=O) groups is 1. The van der Waals surface area contributed by atoms with E-state index in [9.17, 15) is 23.2 Å². The molecule has 0 saturated carbocycles. The van der Waals surface area contributed by atoms with Crippen LogP contribution in [-0.2, 0) is 6.18 Å². The van der Waals surface area contributed by atoms with Crippen LogP contribution < -0.4 is 0 Å². The van der Waals surface area contributed by atoms with Gasteiger partial charge in [0.05, 0.1) is 27.5 Å². The molecule has 8 heteroatoms. The number of alkyl halides is 3. The number of nitriles is 1. The summed E-state index contributed by atoms with van der Waals surface area (Å²) in [5.74, 6) is -0.360. The van der Waals surface area contributed by atoms with Gasteiger partial charge in [-0.05, 0) is 24.4 Å². The first kappa shape index (κ1) is 20.1. The number of thiophene rings is 1. The van der Waals surface area contributed by atoms with E-state index in [1.165, 1.54) is 11.3 Å². The van der Waals surface area contributed by atoms with E-state index in [1.807, 2.05) is 6.92 Å². The minimum Gasteiger partial charge on any atom is -0.293 e. The fourth-order valence-corrected chi connectivity index (χ4v) is 4.05. The zero-order chi connectivity index (χ0) is 20.3. The number of halogens is 3. The van der Waals surface area contributed by atoms with Crippen molar-refractivity contribution in [2.24, 2.45) is 0 Å². The molecule has 1 aromatic carbocycles. The van der Waals surface area contributed by atoms with E-state index in [4.69, 9.17) is 0 Å². The minimum atomic E-state index is -4.70. The first-order valence-electron chi connectivity index (χ1n) is 8.08. The maximum atomic E-state index is 13.5. The average molecular weight is 418 g/mol. The van der Waals surface area contributed by atoms with Gasteiger partial charge in [-0.2, -0.15) is 18.4 Å². The van der Waals surface area contributed by atoms with Gasteiger partial charge < -0.3 is 0 Å². The summed E-state index contributed by atoms with van der Waals surface area (Å²) in [7, 11) is 0. The molecule has 0 atom stereocenters. The standard InChI is InChI=1S/C20H13F3N2OS2/c1-12-4-6-13(7-5-12)17(26)11-28-19-14(10-24)15(20(21,22)23)9-16(25-19)18-3-2-8-27-18/h2-9H,11H2,1H3. The van der Waals surface area contributed by atoms with Crippen LogP contribution in [0.2, 0.25) is 0 Å². The third kappa shape index (κ3) is 4.43. The second kappa shape index (κ2) is 8.17. The first-order valence-corrected chi connectivity index (χ1v) is 9.95. The smallest absolute Gasteiger partial charge is 0.293 e. The van der Waals surface area contributed by atoms with Crippen LogP contribution in [0.5, 0.6) is 0 Å². The second-order valence-electron chi connectivity index (χ2n) is 5.90. The summed E-state index contributed by atoms with van der Waals surface area (Å²) < 4.78 is 40.5. The Hall–Kier alpha value is -2.63. The number of rotatable bonds is 5. The largest absolute Gasteiger partial charge is 0.417 e. The van der Waals surface area contributed by atoms with Crippen LogP contribution in [-0.4, -0.2) is 16.5 Å². The van der Waals surface area contributed by atoms with Gasteiger partial charge in [0.2, 0.25) is 0 Å². The topological polar surface area (TPSA) is 53.8 Å². The monoisotopic (exact) mass is 418 g/mol. The molecule has 3 rings (SSSR count). The first-order chi connectivity index (χ1) is 13.3. The molecule has 142 valence electrons. The number of nitrogens with zero attached hydrogens (tertiary/aromatic N) is 2. The predicted molar refractivity (Wildman–Crippen MR) is 104 cm³/mol. The van der Waals surface area contributed by atoms with Gasteiger partial charge in [0, 0.05) is 5.56 Å². The van der Waals surface area contributed by atoms with Crippen LogP contribution in [0.3, 0.4) is 0 Å². The number of carbonyl (C=O) groups excluding carboxylic acids is 1. The zero-order valence-electron chi connectivity index (χ0n) is 14.6. The zero-order valence-corrected chi connectivity index (χ0v) is 16.2. The maximum absolute atomic E-state index is 13.5. The Bertz CT molecular complexity index is 1040. The van der Waals surface area contributed by atoms with Crippen LogP contribution >= 0.6 is 23.1 Å². The second-order valence-corrected chi connectivity index (χ2v) is 7.81. The van der Waals surface area contributed by atoms with Crippen molar-refractivity contribution in [3.8, 4) is 16.6 Å². The van der Waals surface area contributed by atoms with Gasteiger partial charge in [0.15, 0.2) is 5.78 Å². The van der Waals surface area contributed by atoms with Crippen molar-refractivity contribution in [3.05, 3.63) is 70.1 Å². The molecule has 0 N–H and O–H groups in total. The number of thioether (sulfide) groups is 1. The summed E-state index contributed by atoms with van der Waals surface area (Å²) in [4.78, 5) is 17.2. The summed E-state index contributed by atoms with van der Waals surface area (Å²) in [6.45, 7) is 1.89. The summed E-state index contributed by atoms with van der Waals surface area (Å²) >= 11 is 2.09. The maximum Gasteiger partial charge on any atom is 0.417 e. The summed E-state index contributed by atoms with van der Waals surface area (Å²) in [6.07, 6.45) is -4.70. The number of pyridine rings is 1. The van der Waals surface area contributed by atoms with Crippen molar-refractivity contribution in [1.29, 1.82) is 5.26 Å². The van der Waals surface area contributed by atoms with E-state index in [0.717, 1.165) is 23.4 Å². The van der Waals surface area contributed by atoms with Crippen LogP contribution in [0.1, 0.15) is 27.0 Å². The number of benzene rings is 1. The quantitative estimate of drug-likeness (QED) is 0.378. The SMILES string of the molecule is Cc1ccc(C(=O)CSc2nc(-c3cccs3)cc(C(F)(F)F)c2C#N)cc1. The lowest BCUT2D eigenvalue weighted by atomic mass is 10.1. The van der Waals surface area contributed by atoms with E-state index in [2.05, 4.69) is 4.98 Å². The normalized spacial score (nSPS) is 11.2. The summed E-state index contributed by atoms with van der Waals surface area (Å²) in [6, 6.07) is 12.8. The molecule has 3 aromatic rings. The van der Waals surface area contributed by atoms with Gasteiger partial charge >= 0.3 is 6.18 Å². The van der Waals surface area contributed by atoms with E-state index >= 15 is 0 Å². The minimum absolute atomic E-state index is 0.0961. The van der Waals surface area contributed by atoms with Gasteiger partial charge in [-0.25, -0.2) is 4.98 Å². The van der Waals surface area contributed by atoms with Gasteiger partial charge in [-0.3, -0.25) is 4.79 Å². The van der Waals surface area contributed by atoms with E-state index in [-0.39, 0.29) is 22.3 Å². The van der Waals surface area contributed by atoms with Gasteiger partial charge in [-0.1, -0.05) is 47.7 Å². The fourth-order valence-electron chi connectivity index (χ4n) is 2.46. The molecule has 0 saturated heterocycles. The van der Waals surface area contributed by atoms with Crippen molar-refractivity contribution in [3.63, 3.8) is 0 Å². The number of hydrogen-bond donors (Lipinski definition) is 0. The molecule has 2 aromatic heterocycles. The third-order valence-corrected chi connectivity index (χ3v) is 5.76. The molecular weight excluding hydrogens is 405 g/mol. The van der Waals surface area contributed by atoms with E-state index in [1.54, 1.807) is 47.8 Å². The highest BCUT2D eigenvalue weighted by atomic mass is 32.2. The van der Waals surface area contributed by atoms with Crippen molar-refractivity contribution in [2.45, 2.75) is 18.1 Å². The van der Waals surface area contributed by atoms with Gasteiger partial charge in [0.25, 0.3) is 0 Å². The highest BCUT2D eigenvalue weighted by Crippen LogP contribution is 2.38. The van der Waals surface area contributed by atoms with Gasteiger partial charge in [-0.15, -0.1) is 11.3 Å². The van der Waals surface area contributed by atoms with E-state index in [0.29, 0.717) is 10.4 Å². The Balaban J connectivity index is 1.97. The lowest BCUT2D eigenvalue weighted by molar-refractivity contribution is -0.138. The number of aryl methyl sites for hydroxylation is 1. The highest BCUT2D eigenvalue weighted by molar-refractivity contribution is 8.00. The molecule has 0 unspecified atom stereocenters. The lowest BCUT2D eigenvalue weighted by Gasteiger charge is -2.13. The number of hydrogen-bond acceptors (Lipinski definition) is 5. The molecule has 0 radical (unpaired) electrons. The Morgan fingerprint density at radius 1 is 1.25 bits per heavy atom. The van der Waals surface area contributed by atoms with Gasteiger partial charge in [0.1, 0.15) is 11.1 Å². The molecule has 0 aliphatic heterocycles. The molecule has 0 aliphatic rings. The Morgan fingerprint density at radius 3 is 2.54 bits per heavy atom. The molecule has 0 fully saturated rings.